The van der Waals surface area contributed by atoms with Gasteiger partial charge in [-0.05, 0) is 44.0 Å². The van der Waals surface area contributed by atoms with E-state index < -0.39 is 10.0 Å². The van der Waals surface area contributed by atoms with E-state index in [1.807, 2.05) is 18.2 Å². The first-order valence-corrected chi connectivity index (χ1v) is 11.6. The van der Waals surface area contributed by atoms with E-state index in [0.29, 0.717) is 17.9 Å². The molecule has 2 aliphatic rings. The van der Waals surface area contributed by atoms with Crippen LogP contribution in [0.3, 0.4) is 0 Å². The van der Waals surface area contributed by atoms with Gasteiger partial charge in [0.25, 0.3) is 0 Å². The van der Waals surface area contributed by atoms with Gasteiger partial charge < -0.3 is 19.8 Å². The van der Waals surface area contributed by atoms with Gasteiger partial charge in [-0.25, -0.2) is 13.1 Å². The Kier molecular flexibility index (Phi) is 7.04. The van der Waals surface area contributed by atoms with Crippen molar-refractivity contribution in [2.75, 3.05) is 33.9 Å². The van der Waals surface area contributed by atoms with Crippen molar-refractivity contribution >= 4 is 15.9 Å². The molecule has 2 atom stereocenters. The smallest absolute Gasteiger partial charge is 0.240 e. The Balaban J connectivity index is 1.68. The van der Waals surface area contributed by atoms with Gasteiger partial charge in [-0.3, -0.25) is 0 Å². The van der Waals surface area contributed by atoms with Crippen LogP contribution in [0.25, 0.3) is 0 Å². The van der Waals surface area contributed by atoms with Gasteiger partial charge in [-0.15, -0.1) is 0 Å². The zero-order valence-electron chi connectivity index (χ0n) is 17.9. The molecule has 1 aliphatic heterocycles. The minimum atomic E-state index is -3.63. The summed E-state index contributed by atoms with van der Waals surface area (Å²) < 4.78 is 39.0. The van der Waals surface area contributed by atoms with Crippen molar-refractivity contribution in [2.45, 2.75) is 26.3 Å². The number of hydrazone groups is 1. The van der Waals surface area contributed by atoms with E-state index in [4.69, 9.17) is 9.47 Å². The maximum atomic E-state index is 12.9. The molecule has 0 bridgehead atoms. The Morgan fingerprint density at radius 1 is 1.13 bits per heavy atom. The zero-order valence-corrected chi connectivity index (χ0v) is 18.7. The van der Waals surface area contributed by atoms with Crippen molar-refractivity contribution in [2.24, 2.45) is 11.0 Å². The number of hydrogen-bond acceptors (Lipinski definition) is 7. The number of ether oxygens (including phenoxy) is 2. The van der Waals surface area contributed by atoms with Gasteiger partial charge >= 0.3 is 0 Å². The highest BCUT2D eigenvalue weighted by molar-refractivity contribution is 7.93. The topological polar surface area (TPSA) is 92.3 Å². The Morgan fingerprint density at radius 3 is 2.40 bits per heavy atom. The molecule has 0 spiro atoms. The van der Waals surface area contributed by atoms with E-state index >= 15 is 0 Å². The third-order valence-electron chi connectivity index (χ3n) is 5.34. The van der Waals surface area contributed by atoms with Gasteiger partial charge in [0.15, 0.2) is 0 Å². The number of fused-ring (bicyclic) bond motifs is 1. The van der Waals surface area contributed by atoms with Crippen LogP contribution < -0.4 is 19.6 Å². The summed E-state index contributed by atoms with van der Waals surface area (Å²) in [6.45, 7) is 6.04. The Labute approximate surface area is 178 Å². The van der Waals surface area contributed by atoms with E-state index in [2.05, 4.69) is 34.0 Å². The summed E-state index contributed by atoms with van der Waals surface area (Å²) in [7, 11) is -0.451. The molecule has 0 fully saturated rings. The van der Waals surface area contributed by atoms with Crippen LogP contribution in [0.2, 0.25) is 0 Å². The van der Waals surface area contributed by atoms with E-state index in [0.717, 1.165) is 24.5 Å². The number of nitrogens with one attached hydrogen (secondary N) is 2. The lowest BCUT2D eigenvalue weighted by atomic mass is 9.95. The fraction of sp³-hybridized carbons (Fsp3) is 0.476. The van der Waals surface area contributed by atoms with Gasteiger partial charge in [0.2, 0.25) is 10.0 Å². The molecule has 9 heteroatoms. The molecule has 0 saturated heterocycles. The first kappa shape index (κ1) is 22.2. The normalized spacial score (nSPS) is 20.1. The molecular formula is C21H30N4O4S. The van der Waals surface area contributed by atoms with Crippen molar-refractivity contribution in [3.05, 3.63) is 46.9 Å². The van der Waals surface area contributed by atoms with Crippen molar-refractivity contribution in [1.82, 2.24) is 15.0 Å². The summed E-state index contributed by atoms with van der Waals surface area (Å²) in [6, 6.07) is 5.52. The third kappa shape index (κ3) is 4.79. The predicted octanol–water partition coefficient (Wildman–Crippen LogP) is 1.86. The minimum Gasteiger partial charge on any atom is -0.497 e. The molecule has 2 unspecified atom stereocenters. The number of hydrogen-bond donors (Lipinski definition) is 2. The lowest BCUT2D eigenvalue weighted by molar-refractivity contribution is 0.393. The second-order valence-corrected chi connectivity index (χ2v) is 8.89. The first-order chi connectivity index (χ1) is 14.4. The van der Waals surface area contributed by atoms with Crippen LogP contribution >= 0.6 is 0 Å². The lowest BCUT2D eigenvalue weighted by Crippen LogP contribution is -2.39. The van der Waals surface area contributed by atoms with Crippen molar-refractivity contribution < 1.29 is 17.9 Å². The van der Waals surface area contributed by atoms with Gasteiger partial charge in [0, 0.05) is 25.7 Å². The molecule has 0 radical (unpaired) electrons. The predicted molar refractivity (Wildman–Crippen MR) is 118 cm³/mol. The standard InChI is InChI=1S/C21H30N4O4S/c1-5-25(6-2)21-19-14-18(7-8-20(19)23-24-21)30(26,27)22-10-9-15-11-16(28-3)13-17(12-15)29-4/h7-8,11-14,19-20,22-23H,5-6,9-10H2,1-4H3. The van der Waals surface area contributed by atoms with Crippen molar-refractivity contribution in [1.29, 1.82) is 0 Å². The van der Waals surface area contributed by atoms with Crippen LogP contribution in [0.5, 0.6) is 11.5 Å². The molecule has 164 valence electrons. The van der Waals surface area contributed by atoms with E-state index in [1.54, 1.807) is 32.4 Å². The highest BCUT2D eigenvalue weighted by Crippen LogP contribution is 2.27. The number of amidine groups is 1. The molecular weight excluding hydrogens is 404 g/mol. The number of methoxy groups -OCH3 is 2. The molecule has 0 aromatic heterocycles. The second-order valence-electron chi connectivity index (χ2n) is 7.12. The van der Waals surface area contributed by atoms with E-state index in [1.165, 1.54) is 0 Å². The SMILES string of the molecule is CCN(CC)C1=NNC2C=CC(S(=O)(=O)NCCc3cc(OC)cc(OC)c3)=CC12. The molecule has 30 heavy (non-hydrogen) atoms. The monoisotopic (exact) mass is 434 g/mol. The molecule has 1 aromatic rings. The molecule has 1 aliphatic carbocycles. The van der Waals surface area contributed by atoms with Crippen molar-refractivity contribution in [3.63, 3.8) is 0 Å². The maximum absolute atomic E-state index is 12.9. The van der Waals surface area contributed by atoms with Crippen LogP contribution in [0, 0.1) is 5.92 Å². The minimum absolute atomic E-state index is 0.0104. The summed E-state index contributed by atoms with van der Waals surface area (Å²) in [6.07, 6.45) is 5.82. The summed E-state index contributed by atoms with van der Waals surface area (Å²) in [5.41, 5.74) is 4.02. The average Bonchev–Trinajstić information content (AvgIpc) is 3.17. The van der Waals surface area contributed by atoms with Crippen LogP contribution in [-0.2, 0) is 16.4 Å². The summed E-state index contributed by atoms with van der Waals surface area (Å²) in [4.78, 5) is 2.41. The number of nitrogens with zero attached hydrogens (tertiary/aromatic N) is 2. The molecule has 0 amide bonds. The highest BCUT2D eigenvalue weighted by atomic mass is 32.2. The van der Waals surface area contributed by atoms with E-state index in [9.17, 15) is 8.42 Å². The highest BCUT2D eigenvalue weighted by Gasteiger charge is 2.35. The fourth-order valence-electron chi connectivity index (χ4n) is 3.66. The Hall–Kier alpha value is -2.52. The van der Waals surface area contributed by atoms with E-state index in [-0.39, 0.29) is 23.4 Å². The van der Waals surface area contributed by atoms with Gasteiger partial charge in [-0.2, -0.15) is 5.10 Å². The number of sulfonamides is 1. The van der Waals surface area contributed by atoms with Gasteiger partial charge in [0.1, 0.15) is 17.3 Å². The molecule has 2 N–H and O–H groups in total. The Morgan fingerprint density at radius 2 is 1.80 bits per heavy atom. The fourth-order valence-corrected chi connectivity index (χ4v) is 4.78. The summed E-state index contributed by atoms with van der Waals surface area (Å²) in [5.74, 6) is 2.14. The van der Waals surface area contributed by atoms with Crippen molar-refractivity contribution in [3.8, 4) is 11.5 Å². The summed E-state index contributed by atoms with van der Waals surface area (Å²) in [5, 5.41) is 4.43. The first-order valence-electron chi connectivity index (χ1n) is 10.1. The average molecular weight is 435 g/mol. The maximum Gasteiger partial charge on any atom is 0.240 e. The number of benzene rings is 1. The molecule has 0 saturated carbocycles. The Bertz CT molecular complexity index is 930. The van der Waals surface area contributed by atoms with Gasteiger partial charge in [0.05, 0.1) is 31.1 Å². The molecule has 8 nitrogen and oxygen atoms in total. The molecule has 1 heterocycles. The molecule has 1 aromatic carbocycles. The largest absolute Gasteiger partial charge is 0.497 e. The second kappa shape index (κ2) is 9.53. The summed E-state index contributed by atoms with van der Waals surface area (Å²) >= 11 is 0. The van der Waals surface area contributed by atoms with Crippen LogP contribution in [0.1, 0.15) is 19.4 Å². The van der Waals surface area contributed by atoms with Crippen LogP contribution in [-0.4, -0.2) is 59.0 Å². The lowest BCUT2D eigenvalue weighted by Gasteiger charge is -2.26. The van der Waals surface area contributed by atoms with Crippen LogP contribution in [0.15, 0.2) is 46.4 Å². The van der Waals surface area contributed by atoms with Crippen LogP contribution in [0.4, 0.5) is 0 Å². The molecule has 3 rings (SSSR count). The van der Waals surface area contributed by atoms with Gasteiger partial charge in [-0.1, -0.05) is 12.2 Å². The number of allylic oxidation sites excluding steroid dienone is 1. The zero-order chi connectivity index (χ0) is 21.7. The number of rotatable bonds is 9. The quantitative estimate of drug-likeness (QED) is 0.616. The third-order valence-corrected chi connectivity index (χ3v) is 6.82.